The van der Waals surface area contributed by atoms with Gasteiger partial charge in [0.15, 0.2) is 0 Å². The van der Waals surface area contributed by atoms with E-state index in [1.807, 2.05) is 6.07 Å². The molecule has 1 aromatic carbocycles. The molecule has 0 amide bonds. The van der Waals surface area contributed by atoms with Crippen LogP contribution in [-0.4, -0.2) is 6.61 Å². The molecule has 0 heterocycles. The van der Waals surface area contributed by atoms with E-state index in [4.69, 9.17) is 4.84 Å². The summed E-state index contributed by atoms with van der Waals surface area (Å²) in [6, 6.07) is 4.98. The molecule has 2 nitrogen and oxygen atoms in total. The summed E-state index contributed by atoms with van der Waals surface area (Å²) < 4.78 is 14.1. The summed E-state index contributed by atoms with van der Waals surface area (Å²) >= 11 is 3.21. The van der Waals surface area contributed by atoms with Gasteiger partial charge in [-0.2, -0.15) is 5.48 Å². The first kappa shape index (κ1) is 12.6. The smallest absolute Gasteiger partial charge is 0.128 e. The Morgan fingerprint density at radius 2 is 2.20 bits per heavy atom. The zero-order chi connectivity index (χ0) is 11.3. The molecular formula is C11H15BrFNO. The van der Waals surface area contributed by atoms with Crippen molar-refractivity contribution in [3.05, 3.63) is 34.1 Å². The maximum atomic E-state index is 13.3. The topological polar surface area (TPSA) is 21.3 Å². The Balaban J connectivity index is 2.37. The third-order valence-corrected chi connectivity index (χ3v) is 2.29. The van der Waals surface area contributed by atoms with Gasteiger partial charge in [-0.15, -0.1) is 0 Å². The van der Waals surface area contributed by atoms with Crippen LogP contribution >= 0.6 is 15.9 Å². The van der Waals surface area contributed by atoms with E-state index >= 15 is 0 Å². The molecule has 0 aromatic heterocycles. The highest BCUT2D eigenvalue weighted by atomic mass is 79.9. The quantitative estimate of drug-likeness (QED) is 0.658. The van der Waals surface area contributed by atoms with Crippen LogP contribution in [0.4, 0.5) is 4.39 Å². The van der Waals surface area contributed by atoms with Crippen LogP contribution in [0, 0.1) is 11.7 Å². The minimum atomic E-state index is -0.231. The van der Waals surface area contributed by atoms with Crippen molar-refractivity contribution in [2.45, 2.75) is 20.4 Å². The van der Waals surface area contributed by atoms with Gasteiger partial charge in [0.1, 0.15) is 5.82 Å². The second-order valence-corrected chi connectivity index (χ2v) is 4.68. The molecule has 1 rings (SSSR count). The third-order valence-electron chi connectivity index (χ3n) is 1.80. The normalized spacial score (nSPS) is 11.0. The zero-order valence-electron chi connectivity index (χ0n) is 8.89. The minimum Gasteiger partial charge on any atom is -0.301 e. The monoisotopic (exact) mass is 275 g/mol. The summed E-state index contributed by atoms with van der Waals surface area (Å²) in [6.45, 7) is 5.12. The van der Waals surface area contributed by atoms with E-state index in [0.717, 1.165) is 4.47 Å². The van der Waals surface area contributed by atoms with Crippen LogP contribution in [0.1, 0.15) is 19.4 Å². The van der Waals surface area contributed by atoms with Gasteiger partial charge in [-0.25, -0.2) is 4.39 Å². The molecule has 0 fully saturated rings. The number of rotatable bonds is 5. The van der Waals surface area contributed by atoms with Crippen LogP contribution < -0.4 is 5.48 Å². The van der Waals surface area contributed by atoms with Crippen molar-refractivity contribution in [3.63, 3.8) is 0 Å². The Hall–Kier alpha value is -0.450. The van der Waals surface area contributed by atoms with E-state index < -0.39 is 0 Å². The summed E-state index contributed by atoms with van der Waals surface area (Å²) in [5.41, 5.74) is 3.34. The maximum Gasteiger partial charge on any atom is 0.128 e. The van der Waals surface area contributed by atoms with E-state index in [1.54, 1.807) is 6.07 Å². The molecule has 0 radical (unpaired) electrons. The number of hydroxylamine groups is 1. The molecule has 0 spiro atoms. The van der Waals surface area contributed by atoms with E-state index in [2.05, 4.69) is 35.3 Å². The number of halogens is 2. The van der Waals surface area contributed by atoms with Crippen LogP contribution in [0.2, 0.25) is 0 Å². The molecule has 0 aliphatic rings. The van der Waals surface area contributed by atoms with Crippen LogP contribution in [0.5, 0.6) is 0 Å². The predicted octanol–water partition coefficient (Wildman–Crippen LogP) is 3.27. The lowest BCUT2D eigenvalue weighted by Crippen LogP contribution is -2.18. The Bertz CT molecular complexity index is 317. The van der Waals surface area contributed by atoms with Gasteiger partial charge >= 0.3 is 0 Å². The van der Waals surface area contributed by atoms with E-state index in [0.29, 0.717) is 24.6 Å². The largest absolute Gasteiger partial charge is 0.301 e. The molecule has 84 valence electrons. The molecule has 0 bridgehead atoms. The second kappa shape index (κ2) is 6.20. The third kappa shape index (κ3) is 4.73. The summed E-state index contributed by atoms with van der Waals surface area (Å²) in [5.74, 6) is 0.234. The number of nitrogens with one attached hydrogen (secondary N) is 1. The predicted molar refractivity (Wildman–Crippen MR) is 61.7 cm³/mol. The average molecular weight is 276 g/mol. The van der Waals surface area contributed by atoms with Crippen molar-refractivity contribution in [3.8, 4) is 0 Å². The second-order valence-electron chi connectivity index (χ2n) is 3.76. The van der Waals surface area contributed by atoms with Crippen LogP contribution in [0.3, 0.4) is 0 Å². The minimum absolute atomic E-state index is 0.231. The van der Waals surface area contributed by atoms with Crippen LogP contribution in [0.15, 0.2) is 22.7 Å². The molecule has 1 N–H and O–H groups in total. The molecule has 1 aromatic rings. The molecule has 0 unspecified atom stereocenters. The van der Waals surface area contributed by atoms with Crippen molar-refractivity contribution in [2.75, 3.05) is 6.61 Å². The van der Waals surface area contributed by atoms with Crippen molar-refractivity contribution < 1.29 is 9.23 Å². The van der Waals surface area contributed by atoms with E-state index in [1.165, 1.54) is 6.07 Å². The lowest BCUT2D eigenvalue weighted by molar-refractivity contribution is 0.0191. The van der Waals surface area contributed by atoms with Crippen molar-refractivity contribution >= 4 is 15.9 Å². The van der Waals surface area contributed by atoms with Crippen molar-refractivity contribution in [1.82, 2.24) is 5.48 Å². The van der Waals surface area contributed by atoms with Crippen molar-refractivity contribution in [2.24, 2.45) is 5.92 Å². The zero-order valence-corrected chi connectivity index (χ0v) is 10.5. The van der Waals surface area contributed by atoms with Crippen molar-refractivity contribution in [1.29, 1.82) is 0 Å². The summed E-state index contributed by atoms with van der Waals surface area (Å²) in [6.07, 6.45) is 0. The fourth-order valence-corrected chi connectivity index (χ4v) is 1.35. The average Bonchev–Trinajstić information content (AvgIpc) is 2.14. The molecule has 0 aliphatic heterocycles. The standard InChI is InChI=1S/C11H15BrFNO/c1-8(2)7-15-14-6-9-3-4-10(12)5-11(9)13/h3-5,8,14H,6-7H2,1-2H3. The molecule has 0 saturated carbocycles. The maximum absolute atomic E-state index is 13.3. The van der Waals surface area contributed by atoms with E-state index in [-0.39, 0.29) is 5.82 Å². The molecule has 0 atom stereocenters. The van der Waals surface area contributed by atoms with Gasteiger partial charge in [0.05, 0.1) is 6.61 Å². The summed E-state index contributed by atoms with van der Waals surface area (Å²) in [4.78, 5) is 5.16. The Kier molecular flexibility index (Phi) is 5.22. The van der Waals surface area contributed by atoms with E-state index in [9.17, 15) is 4.39 Å². The lowest BCUT2D eigenvalue weighted by Gasteiger charge is -2.08. The first-order chi connectivity index (χ1) is 7.09. The highest BCUT2D eigenvalue weighted by Gasteiger charge is 2.02. The van der Waals surface area contributed by atoms with Gasteiger partial charge < -0.3 is 4.84 Å². The van der Waals surface area contributed by atoms with Gasteiger partial charge in [-0.3, -0.25) is 0 Å². The van der Waals surface area contributed by atoms with Gasteiger partial charge in [0.2, 0.25) is 0 Å². The summed E-state index contributed by atoms with van der Waals surface area (Å²) in [5, 5.41) is 0. The Labute approximate surface area is 97.9 Å². The van der Waals surface area contributed by atoms with Gasteiger partial charge in [0, 0.05) is 16.6 Å². The molecule has 0 saturated heterocycles. The SMILES string of the molecule is CC(C)CONCc1ccc(Br)cc1F. The lowest BCUT2D eigenvalue weighted by atomic mass is 10.2. The van der Waals surface area contributed by atoms with Gasteiger partial charge in [-0.05, 0) is 18.1 Å². The number of hydrogen-bond acceptors (Lipinski definition) is 2. The highest BCUT2D eigenvalue weighted by Crippen LogP contribution is 2.14. The van der Waals surface area contributed by atoms with Gasteiger partial charge in [0.25, 0.3) is 0 Å². The number of benzene rings is 1. The van der Waals surface area contributed by atoms with Gasteiger partial charge in [-0.1, -0.05) is 35.8 Å². The molecule has 4 heteroatoms. The Morgan fingerprint density at radius 1 is 1.47 bits per heavy atom. The molecule has 0 aliphatic carbocycles. The first-order valence-corrected chi connectivity index (χ1v) is 5.67. The Morgan fingerprint density at radius 3 is 2.80 bits per heavy atom. The first-order valence-electron chi connectivity index (χ1n) is 4.88. The summed E-state index contributed by atoms with van der Waals surface area (Å²) in [7, 11) is 0. The molecule has 15 heavy (non-hydrogen) atoms. The highest BCUT2D eigenvalue weighted by molar-refractivity contribution is 9.10. The fraction of sp³-hybridized carbons (Fsp3) is 0.455. The molecular weight excluding hydrogens is 261 g/mol. The van der Waals surface area contributed by atoms with Crippen LogP contribution in [-0.2, 0) is 11.4 Å². The number of hydrogen-bond donors (Lipinski definition) is 1. The fourth-order valence-electron chi connectivity index (χ4n) is 1.02. The van der Waals surface area contributed by atoms with Crippen LogP contribution in [0.25, 0.3) is 0 Å².